The number of benzene rings is 4. The van der Waals surface area contributed by atoms with Crippen molar-refractivity contribution in [3.05, 3.63) is 142 Å². The van der Waals surface area contributed by atoms with Crippen molar-refractivity contribution < 1.29 is 23.8 Å². The molecule has 0 unspecified atom stereocenters. The first-order valence-electron chi connectivity index (χ1n) is 14.1. The highest BCUT2D eigenvalue weighted by atomic mass is 79.9. The van der Waals surface area contributed by atoms with E-state index < -0.39 is 11.6 Å². The van der Waals surface area contributed by atoms with Gasteiger partial charge >= 0.3 is 0 Å². The molecule has 0 fully saturated rings. The Hall–Kier alpha value is -4.27. The highest BCUT2D eigenvalue weighted by Gasteiger charge is 2.53. The Kier molecular flexibility index (Phi) is 10.0. The largest absolute Gasteiger partial charge is 0.494 e. The van der Waals surface area contributed by atoms with Crippen molar-refractivity contribution in [3.8, 4) is 5.75 Å². The number of hydrogen-bond donors (Lipinski definition) is 2. The van der Waals surface area contributed by atoms with Gasteiger partial charge in [-0.2, -0.15) is 0 Å². The van der Waals surface area contributed by atoms with Crippen molar-refractivity contribution in [3.63, 3.8) is 0 Å². The molecule has 0 bridgehead atoms. The summed E-state index contributed by atoms with van der Waals surface area (Å²) in [6, 6.07) is 30.9. The van der Waals surface area contributed by atoms with Gasteiger partial charge in [0.1, 0.15) is 11.6 Å². The Balaban J connectivity index is 1.53. The standard InChI is InChI=1S/C35H32BrFN2O4/c36-31-15-5-4-14-30(31)32-35(20-7-12-25-9-2-1-3-10-25,34(41)38-24-26-11-6-13-28(37)23-26)39-33(43-32)27-16-18-29(19-17-27)42-22-8-21-40/h1-7,9-19,23,32,40H,8,20-22,24H2,(H,38,41)/b12-7+/t32-,35-/m1/s1. The summed E-state index contributed by atoms with van der Waals surface area (Å²) in [4.78, 5) is 19.3. The summed E-state index contributed by atoms with van der Waals surface area (Å²) in [7, 11) is 0. The number of aliphatic hydroxyl groups excluding tert-OH is 1. The molecule has 8 heteroatoms. The fraction of sp³-hybridized carbons (Fsp3) is 0.200. The lowest BCUT2D eigenvalue weighted by molar-refractivity contribution is -0.129. The number of amides is 1. The van der Waals surface area contributed by atoms with Crippen LogP contribution in [0.5, 0.6) is 5.75 Å². The van der Waals surface area contributed by atoms with Crippen LogP contribution in [-0.4, -0.2) is 35.7 Å². The van der Waals surface area contributed by atoms with E-state index >= 15 is 0 Å². The third-order valence-electron chi connectivity index (χ3n) is 7.10. The van der Waals surface area contributed by atoms with E-state index in [2.05, 4.69) is 21.2 Å². The molecule has 0 saturated heterocycles. The fourth-order valence-corrected chi connectivity index (χ4v) is 5.39. The average molecular weight is 644 g/mol. The van der Waals surface area contributed by atoms with Crippen LogP contribution in [0.4, 0.5) is 4.39 Å². The first-order valence-corrected chi connectivity index (χ1v) is 14.9. The highest BCUT2D eigenvalue weighted by molar-refractivity contribution is 9.10. The quantitative estimate of drug-likeness (QED) is 0.163. The number of nitrogens with zero attached hydrogens (tertiary/aromatic N) is 1. The number of nitrogens with one attached hydrogen (secondary N) is 1. The highest BCUT2D eigenvalue weighted by Crippen LogP contribution is 2.45. The maximum absolute atomic E-state index is 14.3. The molecule has 43 heavy (non-hydrogen) atoms. The van der Waals surface area contributed by atoms with Crippen LogP contribution < -0.4 is 10.1 Å². The summed E-state index contributed by atoms with van der Waals surface area (Å²) >= 11 is 3.65. The monoisotopic (exact) mass is 642 g/mol. The van der Waals surface area contributed by atoms with E-state index in [1.54, 1.807) is 12.1 Å². The summed E-state index contributed by atoms with van der Waals surface area (Å²) in [6.07, 6.45) is 3.93. The Morgan fingerprint density at radius 1 is 1.02 bits per heavy atom. The number of aliphatic imine (C=N–C) groups is 1. The number of hydrogen-bond acceptors (Lipinski definition) is 5. The number of carbonyl (C=O) groups excluding carboxylic acids is 1. The van der Waals surface area contributed by atoms with E-state index in [0.717, 1.165) is 15.6 Å². The van der Waals surface area contributed by atoms with Crippen LogP contribution in [0, 0.1) is 5.82 Å². The minimum Gasteiger partial charge on any atom is -0.494 e. The van der Waals surface area contributed by atoms with E-state index in [9.17, 15) is 9.18 Å². The summed E-state index contributed by atoms with van der Waals surface area (Å²) in [5.74, 6) is 0.278. The smallest absolute Gasteiger partial charge is 0.252 e. The molecule has 0 aromatic heterocycles. The van der Waals surface area contributed by atoms with Gasteiger partial charge in [-0.1, -0.05) is 88.7 Å². The van der Waals surface area contributed by atoms with Crippen LogP contribution in [0.25, 0.3) is 6.08 Å². The van der Waals surface area contributed by atoms with Gasteiger partial charge in [0.05, 0.1) is 6.61 Å². The molecule has 0 radical (unpaired) electrons. The molecule has 0 saturated carbocycles. The minimum atomic E-state index is -1.37. The molecule has 1 amide bonds. The van der Waals surface area contributed by atoms with Crippen LogP contribution >= 0.6 is 15.9 Å². The fourth-order valence-electron chi connectivity index (χ4n) is 4.90. The number of ether oxygens (including phenoxy) is 2. The predicted molar refractivity (Wildman–Crippen MR) is 169 cm³/mol. The van der Waals surface area contributed by atoms with Crippen molar-refractivity contribution in [2.45, 2.75) is 31.0 Å². The van der Waals surface area contributed by atoms with Gasteiger partial charge in [0.2, 0.25) is 5.90 Å². The zero-order valence-electron chi connectivity index (χ0n) is 23.5. The first kappa shape index (κ1) is 30.2. The average Bonchev–Trinajstić information content (AvgIpc) is 3.41. The normalized spacial score (nSPS) is 17.8. The van der Waals surface area contributed by atoms with Crippen LogP contribution in [0.1, 0.15) is 41.2 Å². The third kappa shape index (κ3) is 7.39. The van der Waals surface area contributed by atoms with Gasteiger partial charge in [-0.05, 0) is 53.6 Å². The molecule has 0 spiro atoms. The minimum absolute atomic E-state index is 0.0568. The van der Waals surface area contributed by atoms with Gasteiger partial charge in [0.15, 0.2) is 11.6 Å². The van der Waals surface area contributed by atoms with Gasteiger partial charge in [0, 0.05) is 41.6 Å². The number of carbonyl (C=O) groups is 1. The summed E-state index contributed by atoms with van der Waals surface area (Å²) in [5.41, 5.74) is 1.74. The maximum Gasteiger partial charge on any atom is 0.252 e. The molecule has 2 N–H and O–H groups in total. The third-order valence-corrected chi connectivity index (χ3v) is 7.82. The summed E-state index contributed by atoms with van der Waals surface area (Å²) in [5, 5.41) is 12.0. The topological polar surface area (TPSA) is 80.2 Å². The predicted octanol–water partition coefficient (Wildman–Crippen LogP) is 7.03. The molecule has 0 aliphatic carbocycles. The molecular formula is C35H32BrFN2O4. The zero-order chi connectivity index (χ0) is 30.1. The molecule has 2 atom stereocenters. The van der Waals surface area contributed by atoms with E-state index in [-0.39, 0.29) is 31.3 Å². The molecule has 4 aromatic rings. The van der Waals surface area contributed by atoms with Crippen molar-refractivity contribution in [2.24, 2.45) is 4.99 Å². The number of rotatable bonds is 12. The van der Waals surface area contributed by atoms with E-state index in [1.165, 1.54) is 12.1 Å². The van der Waals surface area contributed by atoms with Crippen molar-refractivity contribution >= 4 is 33.8 Å². The Bertz CT molecular complexity index is 1590. The van der Waals surface area contributed by atoms with Gasteiger partial charge in [0.25, 0.3) is 5.91 Å². The molecular weight excluding hydrogens is 611 g/mol. The Labute approximate surface area is 259 Å². The SMILES string of the molecule is O=C(NCc1cccc(F)c1)[C@]1(C/C=C/c2ccccc2)N=C(c2ccc(OCCCO)cc2)O[C@@H]1c1ccccc1Br. The van der Waals surface area contributed by atoms with E-state index in [0.29, 0.717) is 35.8 Å². The molecule has 1 heterocycles. The van der Waals surface area contributed by atoms with Crippen LogP contribution in [0.2, 0.25) is 0 Å². The lowest BCUT2D eigenvalue weighted by Gasteiger charge is -2.30. The first-order chi connectivity index (χ1) is 21.0. The van der Waals surface area contributed by atoms with Crippen LogP contribution in [-0.2, 0) is 16.1 Å². The van der Waals surface area contributed by atoms with Gasteiger partial charge in [-0.25, -0.2) is 9.38 Å². The van der Waals surface area contributed by atoms with E-state index in [1.807, 2.05) is 91.0 Å². The van der Waals surface area contributed by atoms with E-state index in [4.69, 9.17) is 19.6 Å². The second kappa shape index (κ2) is 14.3. The Morgan fingerprint density at radius 3 is 2.53 bits per heavy atom. The lowest BCUT2D eigenvalue weighted by Crippen LogP contribution is -2.47. The molecule has 4 aromatic carbocycles. The molecule has 6 nitrogen and oxygen atoms in total. The second-order valence-electron chi connectivity index (χ2n) is 10.1. The summed E-state index contributed by atoms with van der Waals surface area (Å²) in [6.45, 7) is 0.592. The Morgan fingerprint density at radius 2 is 1.79 bits per heavy atom. The van der Waals surface area contributed by atoms with Crippen LogP contribution in [0.3, 0.4) is 0 Å². The van der Waals surface area contributed by atoms with Gasteiger partial charge in [-0.15, -0.1) is 0 Å². The van der Waals surface area contributed by atoms with Crippen LogP contribution in [0.15, 0.2) is 119 Å². The number of aliphatic hydroxyl groups is 1. The van der Waals surface area contributed by atoms with Gasteiger partial charge in [-0.3, -0.25) is 4.79 Å². The maximum atomic E-state index is 14.3. The van der Waals surface area contributed by atoms with Crippen molar-refractivity contribution in [1.82, 2.24) is 5.32 Å². The van der Waals surface area contributed by atoms with Gasteiger partial charge < -0.3 is 19.9 Å². The molecule has 220 valence electrons. The van der Waals surface area contributed by atoms with Crippen molar-refractivity contribution in [2.75, 3.05) is 13.2 Å². The molecule has 1 aliphatic heterocycles. The zero-order valence-corrected chi connectivity index (χ0v) is 25.0. The number of halogens is 2. The molecule has 5 rings (SSSR count). The molecule has 1 aliphatic rings. The summed E-state index contributed by atoms with van der Waals surface area (Å²) < 4.78 is 26.9. The lowest BCUT2D eigenvalue weighted by atomic mass is 9.84. The second-order valence-corrected chi connectivity index (χ2v) is 11.0. The van der Waals surface area contributed by atoms with Crippen molar-refractivity contribution in [1.29, 1.82) is 0 Å².